The van der Waals surface area contributed by atoms with Gasteiger partial charge in [-0.05, 0) is 81.7 Å². The predicted octanol–water partition coefficient (Wildman–Crippen LogP) is 4.42. The number of H-pyrrole nitrogens is 1. The third-order valence-corrected chi connectivity index (χ3v) is 9.14. The van der Waals surface area contributed by atoms with E-state index in [1.807, 2.05) is 18.3 Å². The molecular formula is C30H44N8OS. The highest BCUT2D eigenvalue weighted by atomic mass is 32.2. The first-order valence-corrected chi connectivity index (χ1v) is 15.7. The van der Waals surface area contributed by atoms with Gasteiger partial charge in [0.05, 0.1) is 11.7 Å². The Morgan fingerprint density at radius 2 is 2.08 bits per heavy atom. The van der Waals surface area contributed by atoms with E-state index >= 15 is 0 Å². The molecule has 2 aliphatic rings. The van der Waals surface area contributed by atoms with Crippen LogP contribution in [-0.4, -0.2) is 55.5 Å². The van der Waals surface area contributed by atoms with Gasteiger partial charge in [0.25, 0.3) is 0 Å². The molecule has 40 heavy (non-hydrogen) atoms. The maximum atomic E-state index is 13.0. The number of nitrogens with one attached hydrogen (secondary N) is 3. The molecule has 0 radical (unpaired) electrons. The molecule has 0 amide bonds. The number of hydrogen-bond donors (Lipinski definition) is 5. The summed E-state index contributed by atoms with van der Waals surface area (Å²) in [5.74, 6) is 1.50. The minimum absolute atomic E-state index is 0.185. The fourth-order valence-corrected chi connectivity index (χ4v) is 7.01. The molecule has 9 nitrogen and oxygen atoms in total. The van der Waals surface area contributed by atoms with Gasteiger partial charge in [-0.25, -0.2) is 4.79 Å². The number of nitrogens with zero attached hydrogens (tertiary/aromatic N) is 3. The molecule has 1 unspecified atom stereocenters. The molecule has 5 atom stereocenters. The first-order chi connectivity index (χ1) is 19.3. The lowest BCUT2D eigenvalue weighted by molar-refractivity contribution is 0.244. The van der Waals surface area contributed by atoms with Gasteiger partial charge < -0.3 is 21.8 Å². The van der Waals surface area contributed by atoms with Crippen LogP contribution >= 0.6 is 11.8 Å². The number of aromatic nitrogens is 3. The van der Waals surface area contributed by atoms with Crippen LogP contribution in [0.15, 0.2) is 41.3 Å². The van der Waals surface area contributed by atoms with Gasteiger partial charge in [0.15, 0.2) is 5.17 Å². The predicted molar refractivity (Wildman–Crippen MR) is 165 cm³/mol. The van der Waals surface area contributed by atoms with E-state index in [1.54, 1.807) is 4.57 Å². The van der Waals surface area contributed by atoms with Crippen molar-refractivity contribution in [1.29, 1.82) is 5.41 Å². The molecule has 2 fully saturated rings. The number of thioether (sulfide) groups is 1. The molecule has 7 N–H and O–H groups in total. The lowest BCUT2D eigenvalue weighted by atomic mass is 9.92. The summed E-state index contributed by atoms with van der Waals surface area (Å²) >= 11 is 1.41. The summed E-state index contributed by atoms with van der Waals surface area (Å²) in [6, 6.07) is 11.7. The second-order valence-corrected chi connectivity index (χ2v) is 13.0. The molecule has 0 bridgehead atoms. The van der Waals surface area contributed by atoms with E-state index in [4.69, 9.17) is 16.9 Å². The van der Waals surface area contributed by atoms with Gasteiger partial charge in [-0.15, -0.1) is 0 Å². The Hall–Kier alpha value is -2.66. The standard InChI is InChI=1S/C30H44N8OS/c1-19-15-27(37(17-19)13-4-5-20(2)31)26-16-22-18-38(30(39)36-28(22)35-26)24-10-8-21(9-11-24)25-7-3-6-23(34-25)12-14-40-29(32)33/h8-11,16,18-20,23,25,27,34H,3-7,12-15,17,31H2,1-2H3,(H3,32,33)(H,35,36,39)/t19-,20+,23-,25-,27?/m0/s1. The zero-order chi connectivity index (χ0) is 28.2. The first kappa shape index (κ1) is 28.9. The summed E-state index contributed by atoms with van der Waals surface area (Å²) in [5.41, 5.74) is 15.0. The van der Waals surface area contributed by atoms with E-state index in [2.05, 4.69) is 52.2 Å². The second kappa shape index (κ2) is 12.9. The van der Waals surface area contributed by atoms with Crippen molar-refractivity contribution >= 4 is 28.0 Å². The van der Waals surface area contributed by atoms with E-state index in [9.17, 15) is 4.79 Å². The van der Waals surface area contributed by atoms with Crippen molar-refractivity contribution in [1.82, 2.24) is 24.8 Å². The lowest BCUT2D eigenvalue weighted by Crippen LogP contribution is -2.37. The molecule has 2 aliphatic heterocycles. The van der Waals surface area contributed by atoms with E-state index in [0.29, 0.717) is 29.7 Å². The fraction of sp³-hybridized carbons (Fsp3) is 0.567. The molecular weight excluding hydrogens is 520 g/mol. The van der Waals surface area contributed by atoms with Crippen molar-refractivity contribution in [2.75, 3.05) is 18.8 Å². The first-order valence-electron chi connectivity index (χ1n) is 14.7. The number of rotatable bonds is 10. The quantitative estimate of drug-likeness (QED) is 0.181. The molecule has 0 aliphatic carbocycles. The number of aromatic amines is 1. The zero-order valence-electron chi connectivity index (χ0n) is 23.7. The van der Waals surface area contributed by atoms with Crippen molar-refractivity contribution < 1.29 is 0 Å². The summed E-state index contributed by atoms with van der Waals surface area (Å²) in [6.07, 6.45) is 9.56. The number of likely N-dealkylation sites (tertiary alicyclic amines) is 1. The Kier molecular flexibility index (Phi) is 9.30. The molecule has 5 rings (SSSR count). The lowest BCUT2D eigenvalue weighted by Gasteiger charge is -2.31. The maximum absolute atomic E-state index is 13.0. The topological polar surface area (TPSA) is 142 Å². The summed E-state index contributed by atoms with van der Waals surface area (Å²) in [5, 5.41) is 12.3. The Balaban J connectivity index is 1.29. The van der Waals surface area contributed by atoms with Crippen molar-refractivity contribution in [3.8, 4) is 5.69 Å². The minimum atomic E-state index is -0.277. The van der Waals surface area contributed by atoms with Crippen molar-refractivity contribution in [2.24, 2.45) is 17.4 Å². The van der Waals surface area contributed by atoms with Crippen LogP contribution in [0.5, 0.6) is 0 Å². The van der Waals surface area contributed by atoms with Crippen molar-refractivity contribution in [3.05, 3.63) is 58.3 Å². The summed E-state index contributed by atoms with van der Waals surface area (Å²) in [7, 11) is 0. The van der Waals surface area contributed by atoms with Crippen LogP contribution in [0.4, 0.5) is 0 Å². The second-order valence-electron chi connectivity index (χ2n) is 11.8. The van der Waals surface area contributed by atoms with Gasteiger partial charge in [0.2, 0.25) is 0 Å². The van der Waals surface area contributed by atoms with Crippen LogP contribution in [0, 0.1) is 11.3 Å². The molecule has 0 spiro atoms. The van der Waals surface area contributed by atoms with Crippen LogP contribution in [0.25, 0.3) is 16.7 Å². The molecule has 2 aromatic heterocycles. The van der Waals surface area contributed by atoms with Crippen molar-refractivity contribution in [3.63, 3.8) is 0 Å². The molecule has 0 saturated carbocycles. The van der Waals surface area contributed by atoms with Gasteiger partial charge in [-0.3, -0.25) is 14.9 Å². The van der Waals surface area contributed by atoms with Crippen LogP contribution in [0.2, 0.25) is 0 Å². The third-order valence-electron chi connectivity index (χ3n) is 8.39. The van der Waals surface area contributed by atoms with Gasteiger partial charge in [0.1, 0.15) is 5.65 Å². The Morgan fingerprint density at radius 3 is 2.83 bits per heavy atom. The fourth-order valence-electron chi connectivity index (χ4n) is 6.39. The van der Waals surface area contributed by atoms with Gasteiger partial charge in [0, 0.05) is 47.7 Å². The van der Waals surface area contributed by atoms with E-state index in [0.717, 1.165) is 74.1 Å². The van der Waals surface area contributed by atoms with Crippen LogP contribution < -0.4 is 22.5 Å². The van der Waals surface area contributed by atoms with E-state index < -0.39 is 0 Å². The Labute approximate surface area is 241 Å². The molecule has 2 saturated heterocycles. The number of amidine groups is 1. The van der Waals surface area contributed by atoms with Crippen LogP contribution in [-0.2, 0) is 0 Å². The van der Waals surface area contributed by atoms with E-state index in [-0.39, 0.29) is 16.9 Å². The number of benzene rings is 1. The molecule has 10 heteroatoms. The highest BCUT2D eigenvalue weighted by Crippen LogP contribution is 2.36. The van der Waals surface area contributed by atoms with Crippen LogP contribution in [0.3, 0.4) is 0 Å². The Bertz CT molecular complexity index is 1350. The van der Waals surface area contributed by atoms with E-state index in [1.165, 1.54) is 23.7 Å². The number of piperidine rings is 1. The SMILES string of the molecule is C[C@H]1CC(c2cc3cn(-c4ccc([C@@H]5CCC[C@@H](CCSC(=N)N)N5)cc4)c(=O)nc3[nH]2)N(CCC[C@@H](C)N)C1. The number of nitrogens with two attached hydrogens (primary N) is 2. The average Bonchev–Trinajstić information content (AvgIpc) is 3.50. The number of hydrogen-bond acceptors (Lipinski definition) is 7. The normalized spacial score (nSPS) is 24.5. The Morgan fingerprint density at radius 1 is 1.27 bits per heavy atom. The summed E-state index contributed by atoms with van der Waals surface area (Å²) in [4.78, 5) is 23.5. The highest BCUT2D eigenvalue weighted by molar-refractivity contribution is 8.13. The average molecular weight is 565 g/mol. The zero-order valence-corrected chi connectivity index (χ0v) is 24.6. The van der Waals surface area contributed by atoms with Crippen molar-refractivity contribution in [2.45, 2.75) is 83.0 Å². The molecule has 3 aromatic rings. The van der Waals surface area contributed by atoms with Gasteiger partial charge in [-0.2, -0.15) is 4.98 Å². The number of fused-ring (bicyclic) bond motifs is 1. The highest BCUT2D eigenvalue weighted by Gasteiger charge is 2.31. The van der Waals surface area contributed by atoms with Gasteiger partial charge in [-0.1, -0.05) is 37.2 Å². The van der Waals surface area contributed by atoms with Gasteiger partial charge >= 0.3 is 5.69 Å². The minimum Gasteiger partial charge on any atom is -0.379 e. The maximum Gasteiger partial charge on any atom is 0.354 e. The summed E-state index contributed by atoms with van der Waals surface area (Å²) in [6.45, 7) is 6.49. The van der Waals surface area contributed by atoms with Crippen LogP contribution in [0.1, 0.15) is 82.1 Å². The molecule has 4 heterocycles. The largest absolute Gasteiger partial charge is 0.379 e. The molecule has 216 valence electrons. The monoisotopic (exact) mass is 564 g/mol. The smallest absolute Gasteiger partial charge is 0.354 e. The third kappa shape index (κ3) is 6.97. The molecule has 1 aromatic carbocycles. The summed E-state index contributed by atoms with van der Waals surface area (Å²) < 4.78 is 1.65.